The van der Waals surface area contributed by atoms with Crippen LogP contribution in [0.4, 0.5) is 0 Å². The second-order valence-corrected chi connectivity index (χ2v) is 6.58. The zero-order valence-corrected chi connectivity index (χ0v) is 16.2. The van der Waals surface area contributed by atoms with Crippen molar-refractivity contribution in [1.82, 2.24) is 10.3 Å². The van der Waals surface area contributed by atoms with E-state index in [9.17, 15) is 9.59 Å². The van der Waals surface area contributed by atoms with Crippen molar-refractivity contribution in [3.63, 3.8) is 0 Å². The molecule has 0 aliphatic carbocycles. The first-order chi connectivity index (χ1) is 13.5. The lowest BCUT2D eigenvalue weighted by molar-refractivity contribution is -0.141. The predicted octanol–water partition coefficient (Wildman–Crippen LogP) is 4.34. The highest BCUT2D eigenvalue weighted by Crippen LogP contribution is 2.24. The van der Waals surface area contributed by atoms with Gasteiger partial charge in [0.25, 0.3) is 5.91 Å². The molecule has 1 atom stereocenters. The first-order valence-electron chi connectivity index (χ1n) is 8.64. The van der Waals surface area contributed by atoms with E-state index in [0.29, 0.717) is 16.7 Å². The summed E-state index contributed by atoms with van der Waals surface area (Å²) in [4.78, 5) is 28.9. The lowest BCUT2D eigenvalue weighted by Crippen LogP contribution is -2.31. The average molecular weight is 399 g/mol. The Kier molecular flexibility index (Phi) is 6.11. The van der Waals surface area contributed by atoms with Crippen molar-refractivity contribution in [2.45, 2.75) is 19.4 Å². The summed E-state index contributed by atoms with van der Waals surface area (Å²) < 4.78 is 10.4. The highest BCUT2D eigenvalue weighted by Gasteiger charge is 2.24. The first-order valence-corrected chi connectivity index (χ1v) is 9.01. The lowest BCUT2D eigenvalue weighted by atomic mass is 10.0. The van der Waals surface area contributed by atoms with Gasteiger partial charge in [0.15, 0.2) is 5.69 Å². The summed E-state index contributed by atoms with van der Waals surface area (Å²) in [6.45, 7) is 1.67. The molecule has 1 unspecified atom stereocenters. The first kappa shape index (κ1) is 19.6. The Hall–Kier alpha value is -3.12. The van der Waals surface area contributed by atoms with Crippen molar-refractivity contribution in [2.75, 3.05) is 7.11 Å². The Bertz CT molecular complexity index is 968. The Morgan fingerprint density at radius 2 is 1.82 bits per heavy atom. The molecule has 1 heterocycles. The Balaban J connectivity index is 1.84. The molecule has 0 bridgehead atoms. The third-order valence-corrected chi connectivity index (χ3v) is 4.46. The van der Waals surface area contributed by atoms with Crippen molar-refractivity contribution in [1.29, 1.82) is 0 Å². The molecule has 0 fully saturated rings. The monoisotopic (exact) mass is 398 g/mol. The number of aryl methyl sites for hydroxylation is 1. The summed E-state index contributed by atoms with van der Waals surface area (Å²) >= 11 is 5.93. The van der Waals surface area contributed by atoms with Crippen LogP contribution in [0.2, 0.25) is 5.02 Å². The number of esters is 1. The van der Waals surface area contributed by atoms with Crippen molar-refractivity contribution in [3.05, 3.63) is 76.6 Å². The number of carbonyl (C=O) groups is 2. The zero-order chi connectivity index (χ0) is 20.1. The highest BCUT2D eigenvalue weighted by atomic mass is 35.5. The molecular formula is C21H19ClN2O4. The summed E-state index contributed by atoms with van der Waals surface area (Å²) in [7, 11) is 1.30. The number of benzene rings is 2. The number of hydrogen-bond donors (Lipinski definition) is 1. The number of nitrogens with one attached hydrogen (secondary N) is 1. The molecule has 0 aliphatic rings. The summed E-state index contributed by atoms with van der Waals surface area (Å²) in [6, 6.07) is 15.6. The predicted molar refractivity (Wildman–Crippen MR) is 105 cm³/mol. The molecule has 3 aromatic rings. The molecule has 1 amide bonds. The molecule has 0 radical (unpaired) electrons. The molecule has 0 spiro atoms. The number of halogens is 1. The van der Waals surface area contributed by atoms with Crippen LogP contribution in [0.3, 0.4) is 0 Å². The molecular weight excluding hydrogens is 380 g/mol. The maximum Gasteiger partial charge on any atom is 0.307 e. The number of carbonyl (C=O) groups excluding carboxylic acids is 2. The van der Waals surface area contributed by atoms with E-state index in [2.05, 4.69) is 10.3 Å². The molecule has 2 aromatic carbocycles. The van der Waals surface area contributed by atoms with Gasteiger partial charge < -0.3 is 14.5 Å². The molecule has 0 saturated heterocycles. The van der Waals surface area contributed by atoms with Crippen LogP contribution in [0.25, 0.3) is 11.5 Å². The third kappa shape index (κ3) is 4.58. The SMILES string of the molecule is COC(=O)CC(NC(=O)c1nc(-c2ccccc2)oc1C)c1ccc(Cl)cc1. The summed E-state index contributed by atoms with van der Waals surface area (Å²) in [5, 5.41) is 3.40. The third-order valence-electron chi connectivity index (χ3n) is 4.21. The number of hydrogen-bond acceptors (Lipinski definition) is 5. The van der Waals surface area contributed by atoms with Gasteiger partial charge in [-0.25, -0.2) is 4.98 Å². The van der Waals surface area contributed by atoms with Crippen LogP contribution in [0.1, 0.15) is 34.3 Å². The van der Waals surface area contributed by atoms with E-state index in [-0.39, 0.29) is 12.1 Å². The van der Waals surface area contributed by atoms with Crippen LogP contribution in [-0.2, 0) is 9.53 Å². The minimum atomic E-state index is -0.589. The van der Waals surface area contributed by atoms with Gasteiger partial charge in [-0.3, -0.25) is 9.59 Å². The number of amides is 1. The molecule has 6 nitrogen and oxygen atoms in total. The van der Waals surface area contributed by atoms with Crippen LogP contribution in [0.15, 0.2) is 59.0 Å². The van der Waals surface area contributed by atoms with E-state index in [1.165, 1.54) is 7.11 Å². The standard InChI is InChI=1S/C21H19ClN2O4/c1-13-19(24-21(28-13)15-6-4-3-5-7-15)20(26)23-17(12-18(25)27-2)14-8-10-16(22)11-9-14/h3-11,17H,12H2,1-2H3,(H,23,26). The van der Waals surface area contributed by atoms with Gasteiger partial charge >= 0.3 is 5.97 Å². The van der Waals surface area contributed by atoms with Crippen molar-refractivity contribution in [2.24, 2.45) is 0 Å². The van der Waals surface area contributed by atoms with E-state index in [0.717, 1.165) is 11.1 Å². The number of rotatable bonds is 6. The van der Waals surface area contributed by atoms with Crippen LogP contribution in [0, 0.1) is 6.92 Å². The second kappa shape index (κ2) is 8.71. The van der Waals surface area contributed by atoms with Crippen LogP contribution in [-0.4, -0.2) is 24.0 Å². The Morgan fingerprint density at radius 1 is 1.14 bits per heavy atom. The average Bonchev–Trinajstić information content (AvgIpc) is 3.10. The quantitative estimate of drug-likeness (QED) is 0.625. The number of aromatic nitrogens is 1. The molecule has 7 heteroatoms. The van der Waals surface area contributed by atoms with Gasteiger partial charge in [0.05, 0.1) is 19.6 Å². The van der Waals surface area contributed by atoms with Gasteiger partial charge in [0, 0.05) is 10.6 Å². The minimum Gasteiger partial charge on any atom is -0.469 e. The normalized spacial score (nSPS) is 11.7. The summed E-state index contributed by atoms with van der Waals surface area (Å²) in [6.07, 6.45) is -0.0215. The number of oxazole rings is 1. The molecule has 144 valence electrons. The highest BCUT2D eigenvalue weighted by molar-refractivity contribution is 6.30. The van der Waals surface area contributed by atoms with Crippen molar-refractivity contribution in [3.8, 4) is 11.5 Å². The molecule has 0 aliphatic heterocycles. The van der Waals surface area contributed by atoms with Crippen molar-refractivity contribution < 1.29 is 18.7 Å². The van der Waals surface area contributed by atoms with Gasteiger partial charge in [-0.15, -0.1) is 0 Å². The molecule has 1 N–H and O–H groups in total. The maximum absolute atomic E-state index is 12.8. The Morgan fingerprint density at radius 3 is 2.46 bits per heavy atom. The van der Waals surface area contributed by atoms with Gasteiger partial charge in [0.2, 0.25) is 5.89 Å². The fourth-order valence-corrected chi connectivity index (χ4v) is 2.86. The molecule has 3 rings (SSSR count). The zero-order valence-electron chi connectivity index (χ0n) is 15.4. The van der Waals surface area contributed by atoms with E-state index in [1.807, 2.05) is 30.3 Å². The van der Waals surface area contributed by atoms with Crippen LogP contribution in [0.5, 0.6) is 0 Å². The summed E-state index contributed by atoms with van der Waals surface area (Å²) in [5.41, 5.74) is 1.67. The lowest BCUT2D eigenvalue weighted by Gasteiger charge is -2.17. The van der Waals surface area contributed by atoms with Crippen LogP contribution >= 0.6 is 11.6 Å². The second-order valence-electron chi connectivity index (χ2n) is 6.15. The fraction of sp³-hybridized carbons (Fsp3) is 0.190. The van der Waals surface area contributed by atoms with Crippen molar-refractivity contribution >= 4 is 23.5 Å². The largest absolute Gasteiger partial charge is 0.469 e. The molecule has 0 saturated carbocycles. The van der Waals surface area contributed by atoms with Gasteiger partial charge in [-0.2, -0.15) is 0 Å². The van der Waals surface area contributed by atoms with E-state index < -0.39 is 17.9 Å². The van der Waals surface area contributed by atoms with E-state index >= 15 is 0 Å². The summed E-state index contributed by atoms with van der Waals surface area (Å²) in [5.74, 6) is -0.127. The smallest absolute Gasteiger partial charge is 0.307 e. The fourth-order valence-electron chi connectivity index (χ4n) is 2.74. The van der Waals surface area contributed by atoms with E-state index in [1.54, 1.807) is 31.2 Å². The minimum absolute atomic E-state index is 0.0215. The van der Waals surface area contributed by atoms with Crippen LogP contribution < -0.4 is 5.32 Å². The maximum atomic E-state index is 12.8. The van der Waals surface area contributed by atoms with Gasteiger partial charge in [-0.1, -0.05) is 41.9 Å². The van der Waals surface area contributed by atoms with E-state index in [4.69, 9.17) is 20.8 Å². The molecule has 28 heavy (non-hydrogen) atoms. The van der Waals surface area contributed by atoms with Gasteiger partial charge in [-0.05, 0) is 36.8 Å². The topological polar surface area (TPSA) is 81.4 Å². The Labute approximate surface area is 167 Å². The van der Waals surface area contributed by atoms with Gasteiger partial charge in [0.1, 0.15) is 5.76 Å². The number of nitrogens with zero attached hydrogens (tertiary/aromatic N) is 1. The number of methoxy groups -OCH3 is 1. The number of ether oxygens (including phenoxy) is 1. The molecule has 1 aromatic heterocycles.